The molecule has 0 spiro atoms. The van der Waals surface area contributed by atoms with Crippen LogP contribution in [0, 0.1) is 0 Å². The number of rotatable bonds is 3. The Labute approximate surface area is 93.6 Å². The lowest BCUT2D eigenvalue weighted by Gasteiger charge is -2.08. The first-order valence-corrected chi connectivity index (χ1v) is 5.45. The van der Waals surface area contributed by atoms with E-state index < -0.39 is 0 Å². The third-order valence-electron chi connectivity index (χ3n) is 2.27. The first-order valence-electron chi connectivity index (χ1n) is 4.95. The first kappa shape index (κ1) is 9.99. The van der Waals surface area contributed by atoms with Gasteiger partial charge in [0.1, 0.15) is 0 Å². The maximum Gasteiger partial charge on any atom is 0.0716 e. The number of nitrogens with one attached hydrogen (secondary N) is 1. The van der Waals surface area contributed by atoms with Crippen LogP contribution in [0.5, 0.6) is 0 Å². The van der Waals surface area contributed by atoms with E-state index in [1.807, 2.05) is 30.3 Å². The highest BCUT2D eigenvalue weighted by Gasteiger charge is 1.96. The third-order valence-corrected chi connectivity index (χ3v) is 2.76. The van der Waals surface area contributed by atoms with Crippen molar-refractivity contribution in [1.29, 1.82) is 0 Å². The summed E-state index contributed by atoms with van der Waals surface area (Å²) < 4.78 is 0. The zero-order valence-electron chi connectivity index (χ0n) is 8.40. The van der Waals surface area contributed by atoms with Crippen LogP contribution in [0.4, 0.5) is 5.69 Å². The Kier molecular flexibility index (Phi) is 3.20. The fourth-order valence-electron chi connectivity index (χ4n) is 1.43. The van der Waals surface area contributed by atoms with Gasteiger partial charge in [0, 0.05) is 12.2 Å². The van der Waals surface area contributed by atoms with Crippen molar-refractivity contribution in [2.75, 3.05) is 5.32 Å². The molecular weight excluding hydrogens is 198 g/mol. The molecule has 73 valence electrons. The Balaban J connectivity index is 2.03. The quantitative estimate of drug-likeness (QED) is 0.765. The van der Waals surface area contributed by atoms with Gasteiger partial charge in [-0.15, -0.1) is 0 Å². The van der Waals surface area contributed by atoms with Crippen molar-refractivity contribution >= 4 is 21.1 Å². The molecule has 1 N–H and O–H groups in total. The van der Waals surface area contributed by atoms with E-state index in [1.54, 1.807) is 0 Å². The van der Waals surface area contributed by atoms with Crippen LogP contribution in [0.25, 0.3) is 0 Å². The molecular formula is C13H12NSi. The van der Waals surface area contributed by atoms with E-state index in [0.717, 1.165) is 17.4 Å². The normalized spacial score (nSPS) is 9.93. The SMILES string of the molecule is [Si]c1ccccc1CNc1ccccc1. The predicted octanol–water partition coefficient (Wildman–Crippen LogP) is 2.09. The van der Waals surface area contributed by atoms with E-state index in [1.165, 1.54) is 5.56 Å². The lowest BCUT2D eigenvalue weighted by molar-refractivity contribution is 1.16. The van der Waals surface area contributed by atoms with Crippen molar-refractivity contribution in [3.8, 4) is 0 Å². The van der Waals surface area contributed by atoms with Gasteiger partial charge in [0.2, 0.25) is 0 Å². The Morgan fingerprint density at radius 1 is 0.867 bits per heavy atom. The maximum atomic E-state index is 3.58. The molecule has 0 aromatic heterocycles. The van der Waals surface area contributed by atoms with E-state index in [9.17, 15) is 0 Å². The van der Waals surface area contributed by atoms with Gasteiger partial charge >= 0.3 is 0 Å². The summed E-state index contributed by atoms with van der Waals surface area (Å²) in [4.78, 5) is 0. The molecule has 2 aromatic rings. The molecule has 0 fully saturated rings. The summed E-state index contributed by atoms with van der Waals surface area (Å²) in [5.74, 6) is 0. The molecule has 3 radical (unpaired) electrons. The van der Waals surface area contributed by atoms with Gasteiger partial charge < -0.3 is 5.32 Å². The molecule has 0 unspecified atom stereocenters. The average molecular weight is 210 g/mol. The second kappa shape index (κ2) is 4.80. The Bertz CT molecular complexity index is 426. The second-order valence-corrected chi connectivity index (χ2v) is 3.92. The molecule has 1 nitrogen and oxygen atoms in total. The fraction of sp³-hybridized carbons (Fsp3) is 0.0769. The maximum absolute atomic E-state index is 3.58. The zero-order chi connectivity index (χ0) is 10.5. The highest BCUT2D eigenvalue weighted by atomic mass is 28.1. The molecule has 0 heterocycles. The third kappa shape index (κ3) is 2.70. The lowest BCUT2D eigenvalue weighted by Crippen LogP contribution is -2.13. The van der Waals surface area contributed by atoms with Crippen LogP contribution in [0.3, 0.4) is 0 Å². The highest BCUT2D eigenvalue weighted by molar-refractivity contribution is 6.33. The predicted molar refractivity (Wildman–Crippen MR) is 65.6 cm³/mol. The molecule has 0 bridgehead atoms. The topological polar surface area (TPSA) is 12.0 Å². The highest BCUT2D eigenvalue weighted by Crippen LogP contribution is 2.06. The molecule has 0 atom stereocenters. The zero-order valence-corrected chi connectivity index (χ0v) is 9.40. The van der Waals surface area contributed by atoms with Gasteiger partial charge in [0.05, 0.1) is 10.2 Å². The van der Waals surface area contributed by atoms with Crippen LogP contribution in [0.15, 0.2) is 54.6 Å². The van der Waals surface area contributed by atoms with Gasteiger partial charge in [0.15, 0.2) is 0 Å². The van der Waals surface area contributed by atoms with Crippen LogP contribution in [-0.2, 0) is 6.54 Å². The summed E-state index contributed by atoms with van der Waals surface area (Å²) >= 11 is 0. The van der Waals surface area contributed by atoms with E-state index >= 15 is 0 Å². The van der Waals surface area contributed by atoms with Crippen molar-refractivity contribution in [3.05, 3.63) is 60.2 Å². The summed E-state index contributed by atoms with van der Waals surface area (Å²) in [7, 11) is 3.58. The molecule has 0 amide bonds. The molecule has 2 heteroatoms. The summed E-state index contributed by atoms with van der Waals surface area (Å²) in [5, 5.41) is 4.51. The standard InChI is InChI=1S/C13H12NSi/c15-13-9-5-4-6-11(13)10-14-12-7-2-1-3-8-12/h1-9,14H,10H2. The van der Waals surface area contributed by atoms with Crippen molar-refractivity contribution in [3.63, 3.8) is 0 Å². The van der Waals surface area contributed by atoms with Gasteiger partial charge in [0.25, 0.3) is 0 Å². The van der Waals surface area contributed by atoms with E-state index in [4.69, 9.17) is 0 Å². The molecule has 2 aromatic carbocycles. The van der Waals surface area contributed by atoms with Gasteiger partial charge in [-0.1, -0.05) is 47.7 Å². The summed E-state index contributed by atoms with van der Waals surface area (Å²) in [5.41, 5.74) is 2.41. The molecule has 0 aliphatic heterocycles. The minimum atomic E-state index is 0.837. The van der Waals surface area contributed by atoms with Crippen molar-refractivity contribution in [1.82, 2.24) is 0 Å². The molecule has 0 aliphatic carbocycles. The van der Waals surface area contributed by atoms with Gasteiger partial charge in [-0.05, 0) is 17.7 Å². The monoisotopic (exact) mass is 210 g/mol. The van der Waals surface area contributed by atoms with Crippen molar-refractivity contribution in [2.24, 2.45) is 0 Å². The number of hydrogen-bond acceptors (Lipinski definition) is 1. The Morgan fingerprint density at radius 3 is 2.27 bits per heavy atom. The van der Waals surface area contributed by atoms with Crippen molar-refractivity contribution in [2.45, 2.75) is 6.54 Å². The van der Waals surface area contributed by atoms with Crippen LogP contribution in [0.1, 0.15) is 5.56 Å². The van der Waals surface area contributed by atoms with Gasteiger partial charge in [-0.2, -0.15) is 0 Å². The first-order chi connectivity index (χ1) is 7.36. The van der Waals surface area contributed by atoms with E-state index in [2.05, 4.69) is 39.8 Å². The number of benzene rings is 2. The lowest BCUT2D eigenvalue weighted by atomic mass is 10.2. The fourth-order valence-corrected chi connectivity index (χ4v) is 1.70. The molecule has 0 saturated carbocycles. The van der Waals surface area contributed by atoms with E-state index in [0.29, 0.717) is 0 Å². The van der Waals surface area contributed by atoms with E-state index in [-0.39, 0.29) is 0 Å². The van der Waals surface area contributed by atoms with Gasteiger partial charge in [-0.25, -0.2) is 0 Å². The molecule has 0 aliphatic rings. The van der Waals surface area contributed by atoms with Crippen LogP contribution in [0.2, 0.25) is 0 Å². The molecule has 15 heavy (non-hydrogen) atoms. The largest absolute Gasteiger partial charge is 0.381 e. The summed E-state index contributed by atoms with van der Waals surface area (Å²) in [6.07, 6.45) is 0. The minimum Gasteiger partial charge on any atom is -0.381 e. The van der Waals surface area contributed by atoms with Crippen LogP contribution < -0.4 is 10.5 Å². The smallest absolute Gasteiger partial charge is 0.0716 e. The Hall–Kier alpha value is -1.54. The molecule has 0 saturated heterocycles. The summed E-state index contributed by atoms with van der Waals surface area (Å²) in [6, 6.07) is 18.4. The Morgan fingerprint density at radius 2 is 1.53 bits per heavy atom. The molecule has 2 rings (SSSR count). The second-order valence-electron chi connectivity index (χ2n) is 3.38. The number of anilines is 1. The summed E-state index contributed by atoms with van der Waals surface area (Å²) in [6.45, 7) is 0.837. The number of hydrogen-bond donors (Lipinski definition) is 1. The van der Waals surface area contributed by atoms with Gasteiger partial charge in [-0.3, -0.25) is 0 Å². The average Bonchev–Trinajstić information content (AvgIpc) is 2.29. The van der Waals surface area contributed by atoms with Crippen LogP contribution in [-0.4, -0.2) is 10.2 Å². The number of para-hydroxylation sites is 1. The van der Waals surface area contributed by atoms with Crippen molar-refractivity contribution < 1.29 is 0 Å². The minimum absolute atomic E-state index is 0.837. The van der Waals surface area contributed by atoms with Crippen LogP contribution >= 0.6 is 0 Å².